The first-order valence-corrected chi connectivity index (χ1v) is 7.18. The van der Waals surface area contributed by atoms with E-state index in [2.05, 4.69) is 63.7 Å². The van der Waals surface area contributed by atoms with Crippen LogP contribution < -0.4 is 0 Å². The van der Waals surface area contributed by atoms with E-state index >= 15 is 0 Å². The molecule has 0 radical (unpaired) electrons. The summed E-state index contributed by atoms with van der Waals surface area (Å²) in [6, 6.07) is 0. The van der Waals surface area contributed by atoms with E-state index in [1.54, 1.807) is 0 Å². The van der Waals surface area contributed by atoms with Crippen LogP contribution in [-0.2, 0) is 0 Å². The summed E-state index contributed by atoms with van der Waals surface area (Å²) in [7, 11) is 0. The van der Waals surface area contributed by atoms with Gasteiger partial charge in [-0.3, -0.25) is 0 Å². The van der Waals surface area contributed by atoms with Crippen LogP contribution in [0.1, 0.15) is 12.8 Å². The van der Waals surface area contributed by atoms with Gasteiger partial charge in [-0.2, -0.15) is 0 Å². The van der Waals surface area contributed by atoms with Crippen LogP contribution in [0.5, 0.6) is 0 Å². The van der Waals surface area contributed by atoms with Gasteiger partial charge in [-0.15, -0.1) is 0 Å². The van der Waals surface area contributed by atoms with Crippen LogP contribution in [0.3, 0.4) is 0 Å². The number of halogens is 4. The summed E-state index contributed by atoms with van der Waals surface area (Å²) in [6.07, 6.45) is 2.43. The van der Waals surface area contributed by atoms with Crippen LogP contribution in [0, 0.1) is 0 Å². The molecule has 2 atom stereocenters. The molecule has 0 nitrogen and oxygen atoms in total. The Hall–Kier alpha value is 1.92. The second-order valence-electron chi connectivity index (χ2n) is 2.08. The van der Waals surface area contributed by atoms with Crippen LogP contribution in [0.4, 0.5) is 0 Å². The maximum absolute atomic E-state index is 3.55. The lowest BCUT2D eigenvalue weighted by molar-refractivity contribution is 0.751. The van der Waals surface area contributed by atoms with Crippen LogP contribution in [0.25, 0.3) is 0 Å². The number of rotatable bonds is 5. The summed E-state index contributed by atoms with van der Waals surface area (Å²) in [4.78, 5) is 1.23. The van der Waals surface area contributed by atoms with Gasteiger partial charge in [0.15, 0.2) is 0 Å². The van der Waals surface area contributed by atoms with Crippen LogP contribution >= 0.6 is 63.7 Å². The maximum atomic E-state index is 3.55. The van der Waals surface area contributed by atoms with Crippen molar-refractivity contribution < 1.29 is 0 Å². The fourth-order valence-corrected chi connectivity index (χ4v) is 1.69. The average molecular weight is 402 g/mol. The molecule has 0 fully saturated rings. The Labute approximate surface area is 96.0 Å². The maximum Gasteiger partial charge on any atom is 0.0243 e. The molecule has 0 aromatic rings. The quantitative estimate of drug-likeness (QED) is 0.609. The topological polar surface area (TPSA) is 0 Å². The van der Waals surface area contributed by atoms with Gasteiger partial charge in [-0.05, 0) is 12.8 Å². The van der Waals surface area contributed by atoms with E-state index in [0.717, 1.165) is 10.7 Å². The van der Waals surface area contributed by atoms with Crippen molar-refractivity contribution in [1.29, 1.82) is 0 Å². The molecule has 0 amide bonds. The zero-order valence-electron chi connectivity index (χ0n) is 5.49. The number of hydrogen-bond donors (Lipinski definition) is 0. The van der Waals surface area contributed by atoms with Gasteiger partial charge in [0.05, 0.1) is 0 Å². The Bertz CT molecular complexity index is 66.1. The summed E-state index contributed by atoms with van der Waals surface area (Å²) in [5, 5.41) is 2.07. The van der Waals surface area contributed by atoms with E-state index in [4.69, 9.17) is 0 Å². The lowest BCUT2D eigenvalue weighted by Crippen LogP contribution is -2.05. The predicted octanol–water partition coefficient (Wildman–Crippen LogP) is 4.08. The fraction of sp³-hybridized carbons (Fsp3) is 1.00. The number of hydrogen-bond acceptors (Lipinski definition) is 0. The van der Waals surface area contributed by atoms with E-state index in [0.29, 0.717) is 9.65 Å². The highest BCUT2D eigenvalue weighted by molar-refractivity contribution is 9.12. The third-order valence-corrected chi connectivity index (χ3v) is 5.99. The molecule has 0 N–H and O–H groups in total. The molecule has 0 aliphatic heterocycles. The summed E-state index contributed by atoms with van der Waals surface area (Å²) >= 11 is 13.9. The first-order chi connectivity index (χ1) is 4.70. The minimum atomic E-state index is 0.617. The lowest BCUT2D eigenvalue weighted by Gasteiger charge is -2.07. The zero-order valence-corrected chi connectivity index (χ0v) is 11.8. The Morgan fingerprint density at radius 3 is 1.30 bits per heavy atom. The summed E-state index contributed by atoms with van der Waals surface area (Å²) in [5.41, 5.74) is 0. The molecule has 4 heteroatoms. The van der Waals surface area contributed by atoms with E-state index < -0.39 is 0 Å². The second kappa shape index (κ2) is 7.56. The van der Waals surface area contributed by atoms with Gasteiger partial charge in [0, 0.05) is 20.3 Å². The zero-order chi connectivity index (χ0) is 7.98. The van der Waals surface area contributed by atoms with Crippen LogP contribution in [0.2, 0.25) is 0 Å². The molecular weight excluding hydrogens is 392 g/mol. The van der Waals surface area contributed by atoms with E-state index in [1.165, 1.54) is 12.8 Å². The Morgan fingerprint density at radius 2 is 1.10 bits per heavy atom. The van der Waals surface area contributed by atoms with Gasteiger partial charge in [0.2, 0.25) is 0 Å². The Kier molecular flexibility index (Phi) is 9.02. The molecule has 0 rings (SSSR count). The van der Waals surface area contributed by atoms with Crippen molar-refractivity contribution in [3.63, 3.8) is 0 Å². The standard InChI is InChI=1S/C6H10Br4/c7-3-5(9)1-2-6(10)4-8/h5-6H,1-4H2. The van der Waals surface area contributed by atoms with Crippen molar-refractivity contribution >= 4 is 63.7 Å². The van der Waals surface area contributed by atoms with Crippen molar-refractivity contribution in [2.75, 3.05) is 10.7 Å². The van der Waals surface area contributed by atoms with Crippen LogP contribution in [-0.4, -0.2) is 20.3 Å². The molecule has 0 saturated heterocycles. The highest BCUT2D eigenvalue weighted by Gasteiger charge is 2.05. The Morgan fingerprint density at radius 1 is 0.800 bits per heavy atom. The molecule has 0 bridgehead atoms. The average Bonchev–Trinajstić information content (AvgIpc) is 1.99. The minimum Gasteiger partial charge on any atom is -0.0916 e. The molecule has 0 saturated carbocycles. The van der Waals surface area contributed by atoms with Gasteiger partial charge in [-0.1, -0.05) is 63.7 Å². The third kappa shape index (κ3) is 6.62. The first-order valence-electron chi connectivity index (χ1n) is 3.10. The molecule has 0 aliphatic rings. The molecule has 10 heavy (non-hydrogen) atoms. The van der Waals surface area contributed by atoms with Gasteiger partial charge >= 0.3 is 0 Å². The van der Waals surface area contributed by atoms with Gasteiger partial charge in [-0.25, -0.2) is 0 Å². The highest BCUT2D eigenvalue weighted by atomic mass is 79.9. The number of alkyl halides is 4. The molecule has 2 unspecified atom stereocenters. The predicted molar refractivity (Wildman–Crippen MR) is 62.3 cm³/mol. The first kappa shape index (κ1) is 11.9. The molecule has 0 aromatic heterocycles. The molecule has 0 aromatic carbocycles. The van der Waals surface area contributed by atoms with Crippen molar-refractivity contribution in [3.8, 4) is 0 Å². The minimum absolute atomic E-state index is 0.617. The third-order valence-electron chi connectivity index (χ3n) is 1.13. The van der Waals surface area contributed by atoms with Gasteiger partial charge in [0.1, 0.15) is 0 Å². The molecule has 0 heterocycles. The van der Waals surface area contributed by atoms with Crippen LogP contribution in [0.15, 0.2) is 0 Å². The SMILES string of the molecule is BrCC(Br)CCC(Br)CBr. The monoisotopic (exact) mass is 398 g/mol. The fourth-order valence-electron chi connectivity index (χ4n) is 0.516. The summed E-state index contributed by atoms with van der Waals surface area (Å²) in [5.74, 6) is 0. The van der Waals surface area contributed by atoms with Crippen molar-refractivity contribution in [1.82, 2.24) is 0 Å². The van der Waals surface area contributed by atoms with Gasteiger partial charge in [0.25, 0.3) is 0 Å². The smallest absolute Gasteiger partial charge is 0.0243 e. The summed E-state index contributed by atoms with van der Waals surface area (Å²) < 4.78 is 0. The normalized spacial score (nSPS) is 16.8. The molecule has 0 spiro atoms. The van der Waals surface area contributed by atoms with E-state index in [-0.39, 0.29) is 0 Å². The van der Waals surface area contributed by atoms with Gasteiger partial charge < -0.3 is 0 Å². The second-order valence-corrected chi connectivity index (χ2v) is 5.97. The Balaban J connectivity index is 3.17. The molecule has 62 valence electrons. The molecular formula is C6H10Br4. The largest absolute Gasteiger partial charge is 0.0916 e. The van der Waals surface area contributed by atoms with Crippen molar-refractivity contribution in [3.05, 3.63) is 0 Å². The van der Waals surface area contributed by atoms with E-state index in [1.807, 2.05) is 0 Å². The van der Waals surface area contributed by atoms with Crippen molar-refractivity contribution in [2.45, 2.75) is 22.5 Å². The summed E-state index contributed by atoms with van der Waals surface area (Å²) in [6.45, 7) is 0. The highest BCUT2D eigenvalue weighted by Crippen LogP contribution is 2.17. The lowest BCUT2D eigenvalue weighted by atomic mass is 10.2. The van der Waals surface area contributed by atoms with Crippen molar-refractivity contribution in [2.24, 2.45) is 0 Å². The van der Waals surface area contributed by atoms with E-state index in [9.17, 15) is 0 Å². The molecule has 0 aliphatic carbocycles.